The van der Waals surface area contributed by atoms with E-state index in [9.17, 15) is 14.4 Å². The van der Waals surface area contributed by atoms with E-state index in [-0.39, 0.29) is 23.8 Å². The quantitative estimate of drug-likeness (QED) is 0.430. The van der Waals surface area contributed by atoms with Gasteiger partial charge in [0.15, 0.2) is 17.3 Å². The van der Waals surface area contributed by atoms with Gasteiger partial charge in [0, 0.05) is 33.7 Å². The molecule has 2 aromatic heterocycles. The van der Waals surface area contributed by atoms with Crippen molar-refractivity contribution in [2.24, 2.45) is 5.41 Å². The van der Waals surface area contributed by atoms with Gasteiger partial charge in [-0.1, -0.05) is 26.8 Å². The first-order valence-corrected chi connectivity index (χ1v) is 9.86. The number of carbonyl (C=O) groups is 3. The average Bonchev–Trinajstić information content (AvgIpc) is 3.29. The molecule has 0 atom stereocenters. The standard InChI is InChI=1S/C25H23NO4/c1-14(27)16-6-7-19-17(11-16)12-20(26-19)21(28)10-15-5-8-22-18(9-15)13-23(30-22)24(29)25(2,3)4/h5-9,11-13,26H,10H2,1-4H3. The molecule has 4 aromatic rings. The summed E-state index contributed by atoms with van der Waals surface area (Å²) < 4.78 is 5.70. The number of aromatic nitrogens is 1. The number of benzene rings is 2. The first-order chi connectivity index (χ1) is 14.1. The first kappa shape index (κ1) is 19.8. The highest BCUT2D eigenvalue weighted by atomic mass is 16.3. The van der Waals surface area contributed by atoms with Gasteiger partial charge in [-0.2, -0.15) is 0 Å². The monoisotopic (exact) mass is 401 g/mol. The Bertz CT molecular complexity index is 1310. The van der Waals surface area contributed by atoms with E-state index >= 15 is 0 Å². The molecule has 4 rings (SSSR count). The summed E-state index contributed by atoms with van der Waals surface area (Å²) in [6, 6.07) is 14.4. The zero-order valence-electron chi connectivity index (χ0n) is 17.5. The molecule has 0 radical (unpaired) electrons. The molecular weight excluding hydrogens is 378 g/mol. The van der Waals surface area contributed by atoms with Crippen LogP contribution in [0.15, 0.2) is 52.9 Å². The Morgan fingerprint density at radius 2 is 1.70 bits per heavy atom. The van der Waals surface area contributed by atoms with E-state index in [1.807, 2.05) is 39.0 Å². The summed E-state index contributed by atoms with van der Waals surface area (Å²) in [7, 11) is 0. The molecule has 2 heterocycles. The van der Waals surface area contributed by atoms with E-state index in [2.05, 4.69) is 4.98 Å². The third kappa shape index (κ3) is 3.71. The van der Waals surface area contributed by atoms with Gasteiger partial charge in [0.2, 0.25) is 5.78 Å². The van der Waals surface area contributed by atoms with Crippen LogP contribution in [0.25, 0.3) is 21.9 Å². The van der Waals surface area contributed by atoms with Crippen molar-refractivity contribution in [1.82, 2.24) is 4.98 Å². The number of Topliss-reactive ketones (excluding diaryl/α,β-unsaturated/α-hetero) is 3. The smallest absolute Gasteiger partial charge is 0.203 e. The number of furan rings is 1. The molecule has 0 saturated heterocycles. The molecule has 0 spiro atoms. The van der Waals surface area contributed by atoms with Crippen molar-refractivity contribution in [2.75, 3.05) is 0 Å². The van der Waals surface area contributed by atoms with Gasteiger partial charge in [-0.15, -0.1) is 0 Å². The lowest BCUT2D eigenvalue weighted by Crippen LogP contribution is -2.19. The molecule has 0 aliphatic rings. The Morgan fingerprint density at radius 1 is 0.933 bits per heavy atom. The highest BCUT2D eigenvalue weighted by Crippen LogP contribution is 2.27. The van der Waals surface area contributed by atoms with Crippen molar-refractivity contribution < 1.29 is 18.8 Å². The summed E-state index contributed by atoms with van der Waals surface area (Å²) >= 11 is 0. The lowest BCUT2D eigenvalue weighted by Gasteiger charge is -2.13. The van der Waals surface area contributed by atoms with E-state index in [0.717, 1.165) is 21.9 Å². The Labute approximate surface area is 174 Å². The summed E-state index contributed by atoms with van der Waals surface area (Å²) in [6.45, 7) is 7.08. The van der Waals surface area contributed by atoms with Crippen molar-refractivity contribution in [2.45, 2.75) is 34.1 Å². The molecular formula is C25H23NO4. The van der Waals surface area contributed by atoms with E-state index in [1.54, 1.807) is 30.3 Å². The zero-order valence-corrected chi connectivity index (χ0v) is 17.5. The summed E-state index contributed by atoms with van der Waals surface area (Å²) in [6.07, 6.45) is 0.218. The van der Waals surface area contributed by atoms with Crippen molar-refractivity contribution in [3.05, 3.63) is 71.1 Å². The summed E-state index contributed by atoms with van der Waals surface area (Å²) in [5, 5.41) is 1.64. The lowest BCUT2D eigenvalue weighted by atomic mass is 9.89. The van der Waals surface area contributed by atoms with Gasteiger partial charge in [0.1, 0.15) is 5.58 Å². The van der Waals surface area contributed by atoms with Crippen LogP contribution < -0.4 is 0 Å². The summed E-state index contributed by atoms with van der Waals surface area (Å²) in [5.41, 5.74) is 2.88. The summed E-state index contributed by atoms with van der Waals surface area (Å²) in [5.74, 6) is 0.213. The number of nitrogens with one attached hydrogen (secondary N) is 1. The van der Waals surface area contributed by atoms with Crippen LogP contribution in [-0.2, 0) is 6.42 Å². The average molecular weight is 401 g/mol. The minimum absolute atomic E-state index is 0.0105. The second-order valence-corrected chi connectivity index (χ2v) is 8.70. The van der Waals surface area contributed by atoms with E-state index in [0.29, 0.717) is 22.6 Å². The molecule has 5 heteroatoms. The Kier molecular flexibility index (Phi) is 4.69. The molecule has 0 bridgehead atoms. The molecule has 5 nitrogen and oxygen atoms in total. The number of ketones is 3. The van der Waals surface area contributed by atoms with Crippen LogP contribution in [0.1, 0.15) is 64.7 Å². The molecule has 0 fully saturated rings. The fourth-order valence-electron chi connectivity index (χ4n) is 3.47. The van der Waals surface area contributed by atoms with E-state index < -0.39 is 5.41 Å². The molecule has 0 saturated carbocycles. The van der Waals surface area contributed by atoms with Crippen LogP contribution in [0.4, 0.5) is 0 Å². The molecule has 152 valence electrons. The number of H-pyrrole nitrogens is 1. The summed E-state index contributed by atoms with van der Waals surface area (Å²) in [4.78, 5) is 40.0. The Balaban J connectivity index is 1.59. The van der Waals surface area contributed by atoms with Crippen molar-refractivity contribution >= 4 is 39.2 Å². The second kappa shape index (κ2) is 7.10. The van der Waals surface area contributed by atoms with Crippen LogP contribution in [0.5, 0.6) is 0 Å². The minimum Gasteiger partial charge on any atom is -0.453 e. The largest absolute Gasteiger partial charge is 0.453 e. The molecule has 0 unspecified atom stereocenters. The number of fused-ring (bicyclic) bond motifs is 2. The van der Waals surface area contributed by atoms with Crippen LogP contribution in [0.2, 0.25) is 0 Å². The topological polar surface area (TPSA) is 80.1 Å². The molecule has 0 aliphatic heterocycles. The molecule has 1 N–H and O–H groups in total. The molecule has 0 amide bonds. The zero-order chi connectivity index (χ0) is 21.6. The van der Waals surface area contributed by atoms with Crippen molar-refractivity contribution in [1.29, 1.82) is 0 Å². The predicted octanol–water partition coefficient (Wildman–Crippen LogP) is 5.77. The highest BCUT2D eigenvalue weighted by molar-refractivity contribution is 6.03. The fourth-order valence-corrected chi connectivity index (χ4v) is 3.47. The van der Waals surface area contributed by atoms with Gasteiger partial charge in [-0.3, -0.25) is 14.4 Å². The maximum absolute atomic E-state index is 12.8. The maximum Gasteiger partial charge on any atom is 0.203 e. The highest BCUT2D eigenvalue weighted by Gasteiger charge is 2.26. The third-order valence-corrected chi connectivity index (χ3v) is 5.18. The molecule has 0 aliphatic carbocycles. The van der Waals surface area contributed by atoms with Gasteiger partial charge in [-0.05, 0) is 55.0 Å². The number of aromatic amines is 1. The number of rotatable bonds is 5. The number of carbonyl (C=O) groups excluding carboxylic acids is 3. The van der Waals surface area contributed by atoms with Gasteiger partial charge < -0.3 is 9.40 Å². The third-order valence-electron chi connectivity index (χ3n) is 5.18. The Hall–Kier alpha value is -3.47. The van der Waals surface area contributed by atoms with Gasteiger partial charge in [0.05, 0.1) is 5.69 Å². The van der Waals surface area contributed by atoms with Crippen LogP contribution in [0, 0.1) is 5.41 Å². The van der Waals surface area contributed by atoms with Gasteiger partial charge in [-0.25, -0.2) is 0 Å². The van der Waals surface area contributed by atoms with Gasteiger partial charge >= 0.3 is 0 Å². The number of hydrogen-bond donors (Lipinski definition) is 1. The lowest BCUT2D eigenvalue weighted by molar-refractivity contribution is 0.0830. The normalized spacial score (nSPS) is 11.9. The second-order valence-electron chi connectivity index (χ2n) is 8.70. The van der Waals surface area contributed by atoms with Crippen LogP contribution in [-0.4, -0.2) is 22.3 Å². The van der Waals surface area contributed by atoms with Crippen LogP contribution >= 0.6 is 0 Å². The Morgan fingerprint density at radius 3 is 2.40 bits per heavy atom. The van der Waals surface area contributed by atoms with Crippen molar-refractivity contribution in [3.63, 3.8) is 0 Å². The molecule has 30 heavy (non-hydrogen) atoms. The molecule has 2 aromatic carbocycles. The SMILES string of the molecule is CC(=O)c1ccc2[nH]c(C(=O)Cc3ccc4oc(C(=O)C(C)(C)C)cc4c3)cc2c1. The fraction of sp³-hybridized carbons (Fsp3) is 0.240. The van der Waals surface area contributed by atoms with E-state index in [4.69, 9.17) is 4.42 Å². The van der Waals surface area contributed by atoms with Crippen molar-refractivity contribution in [3.8, 4) is 0 Å². The number of hydrogen-bond acceptors (Lipinski definition) is 4. The predicted molar refractivity (Wildman–Crippen MR) is 116 cm³/mol. The maximum atomic E-state index is 12.8. The van der Waals surface area contributed by atoms with E-state index in [1.165, 1.54) is 6.92 Å². The first-order valence-electron chi connectivity index (χ1n) is 9.86. The van der Waals surface area contributed by atoms with Crippen LogP contribution in [0.3, 0.4) is 0 Å². The van der Waals surface area contributed by atoms with Gasteiger partial charge in [0.25, 0.3) is 0 Å². The minimum atomic E-state index is -0.523.